The molecular weight excluding hydrogens is 270 g/mol. The SMILES string of the molecule is COc1ccc(C)cc1C(C)Nc1cnc(C(=O)O)cn1. The van der Waals surface area contributed by atoms with E-state index in [9.17, 15) is 4.79 Å². The molecule has 1 unspecified atom stereocenters. The predicted molar refractivity (Wildman–Crippen MR) is 78.8 cm³/mol. The van der Waals surface area contributed by atoms with E-state index in [0.717, 1.165) is 16.9 Å². The molecule has 0 spiro atoms. The molecule has 0 aliphatic heterocycles. The fraction of sp³-hybridized carbons (Fsp3) is 0.267. The van der Waals surface area contributed by atoms with Gasteiger partial charge < -0.3 is 15.2 Å². The Labute approximate surface area is 122 Å². The first kappa shape index (κ1) is 14.8. The molecule has 6 nitrogen and oxygen atoms in total. The predicted octanol–water partition coefficient (Wildman–Crippen LogP) is 2.66. The third-order valence-corrected chi connectivity index (χ3v) is 3.09. The molecule has 1 aromatic heterocycles. The van der Waals surface area contributed by atoms with Crippen LogP contribution in [0.3, 0.4) is 0 Å². The van der Waals surface area contributed by atoms with Crippen molar-refractivity contribution in [2.75, 3.05) is 12.4 Å². The third kappa shape index (κ3) is 3.47. The summed E-state index contributed by atoms with van der Waals surface area (Å²) in [6.07, 6.45) is 2.63. The van der Waals surface area contributed by atoms with Gasteiger partial charge in [-0.2, -0.15) is 0 Å². The summed E-state index contributed by atoms with van der Waals surface area (Å²) < 4.78 is 5.36. The zero-order valence-electron chi connectivity index (χ0n) is 12.1. The number of aryl methyl sites for hydroxylation is 1. The first-order valence-electron chi connectivity index (χ1n) is 6.47. The van der Waals surface area contributed by atoms with Crippen molar-refractivity contribution in [3.63, 3.8) is 0 Å². The zero-order chi connectivity index (χ0) is 15.4. The Balaban J connectivity index is 2.19. The number of ether oxygens (including phenoxy) is 1. The first-order valence-corrected chi connectivity index (χ1v) is 6.47. The van der Waals surface area contributed by atoms with E-state index in [1.54, 1.807) is 7.11 Å². The molecule has 110 valence electrons. The summed E-state index contributed by atoms with van der Waals surface area (Å²) in [7, 11) is 1.63. The molecule has 0 aliphatic carbocycles. The largest absolute Gasteiger partial charge is 0.496 e. The highest BCUT2D eigenvalue weighted by Crippen LogP contribution is 2.28. The first-order chi connectivity index (χ1) is 10.0. The van der Waals surface area contributed by atoms with Crippen LogP contribution in [-0.2, 0) is 0 Å². The van der Waals surface area contributed by atoms with E-state index >= 15 is 0 Å². The molecule has 0 bridgehead atoms. The Morgan fingerprint density at radius 1 is 1.33 bits per heavy atom. The molecule has 2 rings (SSSR count). The molecule has 0 amide bonds. The Morgan fingerprint density at radius 3 is 2.67 bits per heavy atom. The van der Waals surface area contributed by atoms with Gasteiger partial charge >= 0.3 is 5.97 Å². The lowest BCUT2D eigenvalue weighted by atomic mass is 10.0. The molecule has 1 atom stereocenters. The van der Waals surface area contributed by atoms with E-state index in [1.165, 1.54) is 12.4 Å². The van der Waals surface area contributed by atoms with Crippen molar-refractivity contribution in [2.45, 2.75) is 19.9 Å². The maximum atomic E-state index is 10.7. The van der Waals surface area contributed by atoms with Crippen LogP contribution >= 0.6 is 0 Å². The second-order valence-corrected chi connectivity index (χ2v) is 4.70. The average molecular weight is 287 g/mol. The number of aromatic nitrogens is 2. The van der Waals surface area contributed by atoms with Gasteiger partial charge in [0, 0.05) is 5.56 Å². The molecule has 1 heterocycles. The van der Waals surface area contributed by atoms with Crippen LogP contribution in [0.25, 0.3) is 0 Å². The molecule has 0 saturated heterocycles. The van der Waals surface area contributed by atoms with Crippen molar-refractivity contribution in [3.8, 4) is 5.75 Å². The van der Waals surface area contributed by atoms with Crippen LogP contribution in [0.15, 0.2) is 30.6 Å². The number of carboxylic acid groups (broad SMARTS) is 1. The van der Waals surface area contributed by atoms with Crippen molar-refractivity contribution in [1.29, 1.82) is 0 Å². The summed E-state index contributed by atoms with van der Waals surface area (Å²) in [5, 5.41) is 12.0. The number of nitrogens with one attached hydrogen (secondary N) is 1. The number of hydrogen-bond donors (Lipinski definition) is 2. The number of carboxylic acids is 1. The number of rotatable bonds is 5. The van der Waals surface area contributed by atoms with E-state index < -0.39 is 5.97 Å². The maximum absolute atomic E-state index is 10.7. The van der Waals surface area contributed by atoms with Crippen molar-refractivity contribution < 1.29 is 14.6 Å². The Kier molecular flexibility index (Phi) is 4.37. The van der Waals surface area contributed by atoms with E-state index in [1.807, 2.05) is 32.0 Å². The monoisotopic (exact) mass is 287 g/mol. The normalized spacial score (nSPS) is 11.8. The smallest absolute Gasteiger partial charge is 0.356 e. The molecule has 1 aromatic carbocycles. The van der Waals surface area contributed by atoms with Gasteiger partial charge in [-0.25, -0.2) is 14.8 Å². The number of anilines is 1. The highest BCUT2D eigenvalue weighted by Gasteiger charge is 2.13. The fourth-order valence-electron chi connectivity index (χ4n) is 2.00. The minimum absolute atomic E-state index is 0.0511. The van der Waals surface area contributed by atoms with Gasteiger partial charge in [0.15, 0.2) is 5.69 Å². The Hall–Kier alpha value is -2.63. The van der Waals surface area contributed by atoms with Gasteiger partial charge in [-0.1, -0.05) is 17.7 Å². The molecule has 0 saturated carbocycles. The highest BCUT2D eigenvalue weighted by molar-refractivity contribution is 5.84. The van der Waals surface area contributed by atoms with E-state index in [4.69, 9.17) is 9.84 Å². The lowest BCUT2D eigenvalue weighted by molar-refractivity contribution is 0.0690. The third-order valence-electron chi connectivity index (χ3n) is 3.09. The van der Waals surface area contributed by atoms with Crippen molar-refractivity contribution in [1.82, 2.24) is 9.97 Å². The molecule has 6 heteroatoms. The second-order valence-electron chi connectivity index (χ2n) is 4.70. The van der Waals surface area contributed by atoms with E-state index in [-0.39, 0.29) is 11.7 Å². The van der Waals surface area contributed by atoms with Gasteiger partial charge in [0.25, 0.3) is 0 Å². The van der Waals surface area contributed by atoms with Gasteiger partial charge in [0.1, 0.15) is 11.6 Å². The van der Waals surface area contributed by atoms with Crippen LogP contribution in [0.5, 0.6) is 5.75 Å². The summed E-state index contributed by atoms with van der Waals surface area (Å²) in [5.41, 5.74) is 2.05. The van der Waals surface area contributed by atoms with Crippen LogP contribution in [-0.4, -0.2) is 28.2 Å². The van der Waals surface area contributed by atoms with Crippen molar-refractivity contribution in [2.24, 2.45) is 0 Å². The summed E-state index contributed by atoms with van der Waals surface area (Å²) in [4.78, 5) is 18.6. The van der Waals surface area contributed by atoms with Gasteiger partial charge in [0.2, 0.25) is 0 Å². The zero-order valence-corrected chi connectivity index (χ0v) is 12.1. The van der Waals surface area contributed by atoms with Gasteiger partial charge in [0.05, 0.1) is 25.5 Å². The van der Waals surface area contributed by atoms with Gasteiger partial charge in [-0.05, 0) is 19.9 Å². The molecular formula is C15H17N3O3. The van der Waals surface area contributed by atoms with Crippen LogP contribution in [0.2, 0.25) is 0 Å². The summed E-state index contributed by atoms with van der Waals surface area (Å²) >= 11 is 0. The molecule has 2 N–H and O–H groups in total. The maximum Gasteiger partial charge on any atom is 0.356 e. The number of nitrogens with zero attached hydrogens (tertiary/aromatic N) is 2. The number of hydrogen-bond acceptors (Lipinski definition) is 5. The minimum Gasteiger partial charge on any atom is -0.496 e. The highest BCUT2D eigenvalue weighted by atomic mass is 16.5. The Morgan fingerprint density at radius 2 is 2.10 bits per heavy atom. The minimum atomic E-state index is -1.09. The van der Waals surface area contributed by atoms with Gasteiger partial charge in [-0.3, -0.25) is 0 Å². The molecule has 21 heavy (non-hydrogen) atoms. The summed E-state index contributed by atoms with van der Waals surface area (Å²) in [6.45, 7) is 3.99. The van der Waals surface area contributed by atoms with Gasteiger partial charge in [-0.15, -0.1) is 0 Å². The van der Waals surface area contributed by atoms with E-state index in [0.29, 0.717) is 5.82 Å². The summed E-state index contributed by atoms with van der Waals surface area (Å²) in [5.74, 6) is 0.203. The Bertz CT molecular complexity index is 641. The van der Waals surface area contributed by atoms with Crippen LogP contribution < -0.4 is 10.1 Å². The number of carbonyl (C=O) groups is 1. The topological polar surface area (TPSA) is 84.3 Å². The van der Waals surface area contributed by atoms with Crippen LogP contribution in [0, 0.1) is 6.92 Å². The van der Waals surface area contributed by atoms with E-state index in [2.05, 4.69) is 15.3 Å². The van der Waals surface area contributed by atoms with Crippen LogP contribution in [0.4, 0.5) is 5.82 Å². The lowest BCUT2D eigenvalue weighted by Gasteiger charge is -2.18. The van der Waals surface area contributed by atoms with Crippen LogP contribution in [0.1, 0.15) is 34.6 Å². The summed E-state index contributed by atoms with van der Waals surface area (Å²) in [6, 6.07) is 5.89. The second kappa shape index (κ2) is 6.21. The van der Waals surface area contributed by atoms with Crippen molar-refractivity contribution in [3.05, 3.63) is 47.4 Å². The number of methoxy groups -OCH3 is 1. The molecule has 0 radical (unpaired) electrons. The standard InChI is InChI=1S/C15H17N3O3/c1-9-4-5-13(21-3)11(6-9)10(2)18-14-8-16-12(7-17-14)15(19)20/h4-8,10H,1-3H3,(H,17,18)(H,19,20). The molecule has 2 aromatic rings. The molecule has 0 fully saturated rings. The van der Waals surface area contributed by atoms with Crippen molar-refractivity contribution >= 4 is 11.8 Å². The lowest BCUT2D eigenvalue weighted by Crippen LogP contribution is -2.11. The average Bonchev–Trinajstić information content (AvgIpc) is 2.47. The quantitative estimate of drug-likeness (QED) is 0.879. The fourth-order valence-corrected chi connectivity index (χ4v) is 2.00. The number of aromatic carboxylic acids is 1. The molecule has 0 aliphatic rings. The number of benzene rings is 1.